The summed E-state index contributed by atoms with van der Waals surface area (Å²) in [5, 5.41) is 0. The van der Waals surface area contributed by atoms with E-state index in [4.69, 9.17) is 9.47 Å². The van der Waals surface area contributed by atoms with Crippen LogP contribution in [0.5, 0.6) is 0 Å². The maximum absolute atomic E-state index is 11.3. The average molecular weight is 184 g/mol. The van der Waals surface area contributed by atoms with Gasteiger partial charge < -0.3 is 9.47 Å². The van der Waals surface area contributed by atoms with Crippen LogP contribution in [-0.2, 0) is 14.3 Å². The van der Waals surface area contributed by atoms with Crippen molar-refractivity contribution in [1.82, 2.24) is 0 Å². The number of ether oxygens (including phenoxy) is 2. The molecule has 0 radical (unpaired) electrons. The molecule has 0 amide bonds. The Morgan fingerprint density at radius 1 is 1.31 bits per heavy atom. The van der Waals surface area contributed by atoms with E-state index in [0.29, 0.717) is 12.5 Å². The van der Waals surface area contributed by atoms with Gasteiger partial charge in [0.25, 0.3) is 0 Å². The number of carbonyl (C=O) groups is 1. The van der Waals surface area contributed by atoms with E-state index < -0.39 is 0 Å². The first-order chi connectivity index (χ1) is 6.00. The predicted octanol–water partition coefficient (Wildman–Crippen LogP) is 1.02. The highest BCUT2D eigenvalue weighted by Gasteiger charge is 2.50. The molecule has 0 bridgehead atoms. The van der Waals surface area contributed by atoms with Crippen LogP contribution in [0.2, 0.25) is 0 Å². The molecule has 2 aliphatic heterocycles. The van der Waals surface area contributed by atoms with Crippen molar-refractivity contribution < 1.29 is 14.3 Å². The second-order valence-corrected chi connectivity index (χ2v) is 4.97. The molecule has 3 heteroatoms. The lowest BCUT2D eigenvalue weighted by Crippen LogP contribution is -2.33. The lowest BCUT2D eigenvalue weighted by Gasteiger charge is -2.29. The highest BCUT2D eigenvalue weighted by atomic mass is 16.6. The monoisotopic (exact) mass is 184 g/mol. The maximum Gasteiger partial charge on any atom is 0.189 e. The lowest BCUT2D eigenvalue weighted by molar-refractivity contribution is -0.125. The summed E-state index contributed by atoms with van der Waals surface area (Å²) in [5.41, 5.74) is 0.157. The first kappa shape index (κ1) is 9.16. The van der Waals surface area contributed by atoms with Gasteiger partial charge in [-0.1, -0.05) is 20.8 Å². The van der Waals surface area contributed by atoms with Crippen LogP contribution in [0.4, 0.5) is 0 Å². The fraction of sp³-hybridized carbons (Fsp3) is 0.900. The van der Waals surface area contributed by atoms with Gasteiger partial charge in [0, 0.05) is 5.92 Å². The topological polar surface area (TPSA) is 35.5 Å². The third kappa shape index (κ3) is 1.40. The van der Waals surface area contributed by atoms with E-state index in [1.807, 2.05) is 0 Å². The van der Waals surface area contributed by atoms with Crippen LogP contribution in [0.1, 0.15) is 20.8 Å². The SMILES string of the molecule is CC(C)(C)[C@@H]1CO[C@H]2C(=O)CO[C@@H]12. The summed E-state index contributed by atoms with van der Waals surface area (Å²) in [7, 11) is 0. The van der Waals surface area contributed by atoms with E-state index in [1.165, 1.54) is 0 Å². The minimum Gasteiger partial charge on any atom is -0.367 e. The summed E-state index contributed by atoms with van der Waals surface area (Å²) in [6.07, 6.45) is -0.267. The zero-order valence-electron chi connectivity index (χ0n) is 8.37. The molecule has 3 atom stereocenters. The van der Waals surface area contributed by atoms with E-state index in [1.54, 1.807) is 0 Å². The van der Waals surface area contributed by atoms with E-state index >= 15 is 0 Å². The standard InChI is InChI=1S/C10H16O3/c1-10(2,3)6-4-12-9-7(11)5-13-8(6)9/h6,8-9H,4-5H2,1-3H3/t6-,8+,9+/m1/s1. The number of rotatable bonds is 0. The molecule has 0 unspecified atom stereocenters. The Morgan fingerprint density at radius 2 is 2.00 bits per heavy atom. The van der Waals surface area contributed by atoms with E-state index in [0.717, 1.165) is 0 Å². The van der Waals surface area contributed by atoms with Gasteiger partial charge in [-0.2, -0.15) is 0 Å². The van der Waals surface area contributed by atoms with Crippen molar-refractivity contribution in [1.29, 1.82) is 0 Å². The number of fused-ring (bicyclic) bond motifs is 1. The van der Waals surface area contributed by atoms with Gasteiger partial charge in [0.15, 0.2) is 5.78 Å². The molecule has 2 aliphatic rings. The molecule has 0 saturated carbocycles. The summed E-state index contributed by atoms with van der Waals surface area (Å²) in [4.78, 5) is 11.3. The third-order valence-corrected chi connectivity index (χ3v) is 3.00. The van der Waals surface area contributed by atoms with Gasteiger partial charge in [0.05, 0.1) is 12.7 Å². The van der Waals surface area contributed by atoms with Gasteiger partial charge in [0.2, 0.25) is 0 Å². The highest BCUT2D eigenvalue weighted by molar-refractivity contribution is 5.87. The number of Topliss-reactive ketones (excluding diaryl/α,β-unsaturated/α-hetero) is 1. The molecule has 2 saturated heterocycles. The van der Waals surface area contributed by atoms with E-state index in [9.17, 15) is 4.79 Å². The Bertz CT molecular complexity index is 229. The van der Waals surface area contributed by atoms with Crippen LogP contribution in [0.3, 0.4) is 0 Å². The first-order valence-corrected chi connectivity index (χ1v) is 4.76. The average Bonchev–Trinajstić information content (AvgIpc) is 2.51. The number of ketones is 1. The van der Waals surface area contributed by atoms with Crippen molar-refractivity contribution in [2.75, 3.05) is 13.2 Å². The highest BCUT2D eigenvalue weighted by Crippen LogP contribution is 2.39. The summed E-state index contributed by atoms with van der Waals surface area (Å²) in [5.74, 6) is 0.459. The van der Waals surface area contributed by atoms with Crippen molar-refractivity contribution in [3.05, 3.63) is 0 Å². The largest absolute Gasteiger partial charge is 0.367 e. The zero-order valence-corrected chi connectivity index (χ0v) is 8.37. The first-order valence-electron chi connectivity index (χ1n) is 4.76. The van der Waals surface area contributed by atoms with Crippen LogP contribution < -0.4 is 0 Å². The second-order valence-electron chi connectivity index (χ2n) is 4.97. The lowest BCUT2D eigenvalue weighted by atomic mass is 9.78. The summed E-state index contributed by atoms with van der Waals surface area (Å²) in [6.45, 7) is 7.38. The van der Waals surface area contributed by atoms with Crippen molar-refractivity contribution in [2.24, 2.45) is 11.3 Å². The Balaban J connectivity index is 2.15. The van der Waals surface area contributed by atoms with Crippen LogP contribution in [0, 0.1) is 11.3 Å². The van der Waals surface area contributed by atoms with Crippen LogP contribution >= 0.6 is 0 Å². The molecule has 0 N–H and O–H groups in total. The molecular weight excluding hydrogens is 168 g/mol. The van der Waals surface area contributed by atoms with Gasteiger partial charge in [-0.3, -0.25) is 4.79 Å². The Kier molecular flexibility index (Phi) is 1.96. The van der Waals surface area contributed by atoms with Crippen LogP contribution in [0.25, 0.3) is 0 Å². The van der Waals surface area contributed by atoms with Crippen molar-refractivity contribution in [3.63, 3.8) is 0 Å². The van der Waals surface area contributed by atoms with Gasteiger partial charge in [-0.05, 0) is 5.41 Å². The van der Waals surface area contributed by atoms with Crippen LogP contribution in [-0.4, -0.2) is 31.2 Å². The molecule has 74 valence electrons. The smallest absolute Gasteiger partial charge is 0.189 e. The minimum atomic E-state index is -0.274. The molecule has 0 spiro atoms. The molecule has 3 nitrogen and oxygen atoms in total. The van der Waals surface area contributed by atoms with Crippen molar-refractivity contribution in [3.8, 4) is 0 Å². The Hall–Kier alpha value is -0.410. The molecule has 0 aromatic rings. The molecule has 0 aromatic heterocycles. The fourth-order valence-electron chi connectivity index (χ4n) is 2.09. The molecular formula is C10H16O3. The van der Waals surface area contributed by atoms with Crippen molar-refractivity contribution >= 4 is 5.78 Å². The number of carbonyl (C=O) groups excluding carboxylic acids is 1. The molecule has 2 fully saturated rings. The predicted molar refractivity (Wildman–Crippen MR) is 47.4 cm³/mol. The van der Waals surface area contributed by atoms with Gasteiger partial charge >= 0.3 is 0 Å². The van der Waals surface area contributed by atoms with E-state index in [2.05, 4.69) is 20.8 Å². The third-order valence-electron chi connectivity index (χ3n) is 3.00. The Labute approximate surface area is 78.4 Å². The van der Waals surface area contributed by atoms with Gasteiger partial charge in [0.1, 0.15) is 12.7 Å². The summed E-state index contributed by atoms with van der Waals surface area (Å²) < 4.78 is 10.9. The quantitative estimate of drug-likeness (QED) is 0.563. The second kappa shape index (κ2) is 2.79. The molecule has 2 heterocycles. The number of hydrogen-bond acceptors (Lipinski definition) is 3. The molecule has 0 aromatic carbocycles. The fourth-order valence-corrected chi connectivity index (χ4v) is 2.09. The summed E-state index contributed by atoms with van der Waals surface area (Å²) in [6, 6.07) is 0. The van der Waals surface area contributed by atoms with E-state index in [-0.39, 0.29) is 30.0 Å². The molecule has 0 aliphatic carbocycles. The van der Waals surface area contributed by atoms with Gasteiger partial charge in [-0.15, -0.1) is 0 Å². The normalized spacial score (nSPS) is 39.6. The zero-order chi connectivity index (χ0) is 9.64. The maximum atomic E-state index is 11.3. The van der Waals surface area contributed by atoms with Gasteiger partial charge in [-0.25, -0.2) is 0 Å². The number of hydrogen-bond donors (Lipinski definition) is 0. The summed E-state index contributed by atoms with van der Waals surface area (Å²) >= 11 is 0. The Morgan fingerprint density at radius 3 is 2.62 bits per heavy atom. The molecule has 13 heavy (non-hydrogen) atoms. The minimum absolute atomic E-state index is 0.00694. The van der Waals surface area contributed by atoms with Crippen molar-refractivity contribution in [2.45, 2.75) is 33.0 Å². The molecule has 2 rings (SSSR count). The van der Waals surface area contributed by atoms with Crippen LogP contribution in [0.15, 0.2) is 0 Å².